The Kier molecular flexibility index (Phi) is 4.51. The lowest BCUT2D eigenvalue weighted by Crippen LogP contribution is -1.98. The number of imidazole rings is 1. The second-order valence-electron chi connectivity index (χ2n) is 7.78. The quantitative estimate of drug-likeness (QED) is 0.462. The van der Waals surface area contributed by atoms with E-state index in [4.69, 9.17) is 0 Å². The van der Waals surface area contributed by atoms with Crippen LogP contribution in [0.5, 0.6) is 0 Å². The number of aromatic nitrogens is 6. The highest BCUT2D eigenvalue weighted by molar-refractivity contribution is 5.88. The molecule has 0 saturated carbocycles. The molecule has 5 rings (SSSR count). The van der Waals surface area contributed by atoms with Crippen molar-refractivity contribution in [3.05, 3.63) is 72.4 Å². The number of hydrogen-bond acceptors (Lipinski definition) is 5. The van der Waals surface area contributed by atoms with E-state index in [1.54, 1.807) is 10.9 Å². The zero-order valence-corrected chi connectivity index (χ0v) is 18.0. The highest BCUT2D eigenvalue weighted by Crippen LogP contribution is 2.29. The molecule has 7 heteroatoms. The largest absolute Gasteiger partial charge is 0.340 e. The van der Waals surface area contributed by atoms with E-state index in [9.17, 15) is 0 Å². The summed E-state index contributed by atoms with van der Waals surface area (Å²) in [5.74, 6) is 1.80. The first-order valence-electron chi connectivity index (χ1n) is 10.1. The van der Waals surface area contributed by atoms with Crippen molar-refractivity contribution in [2.45, 2.75) is 13.8 Å². The number of benzene rings is 2. The molecule has 0 unspecified atom stereocenters. The molecule has 0 aliphatic rings. The zero-order valence-electron chi connectivity index (χ0n) is 18.0. The van der Waals surface area contributed by atoms with Crippen LogP contribution in [0, 0.1) is 13.8 Å². The molecule has 0 amide bonds. The number of hydrogen-bond donors (Lipinski definition) is 1. The molecule has 0 bridgehead atoms. The van der Waals surface area contributed by atoms with Gasteiger partial charge in [-0.05, 0) is 49.1 Å². The van der Waals surface area contributed by atoms with Crippen molar-refractivity contribution in [3.8, 4) is 22.5 Å². The topological polar surface area (TPSA) is 73.5 Å². The lowest BCUT2D eigenvalue weighted by atomic mass is 10.1. The van der Waals surface area contributed by atoms with E-state index in [0.29, 0.717) is 0 Å². The lowest BCUT2D eigenvalue weighted by molar-refractivity contribution is 0.721. The molecular weight excluding hydrogens is 386 g/mol. The molecule has 0 aliphatic heterocycles. The Morgan fingerprint density at radius 2 is 1.58 bits per heavy atom. The van der Waals surface area contributed by atoms with Crippen LogP contribution in [0.15, 0.2) is 61.1 Å². The summed E-state index contributed by atoms with van der Waals surface area (Å²) in [7, 11) is 3.93. The third kappa shape index (κ3) is 3.44. The summed E-state index contributed by atoms with van der Waals surface area (Å²) >= 11 is 0. The first-order valence-corrected chi connectivity index (χ1v) is 10.1. The van der Waals surface area contributed by atoms with Gasteiger partial charge in [-0.3, -0.25) is 0 Å². The Morgan fingerprint density at radius 1 is 0.774 bits per heavy atom. The molecule has 0 saturated heterocycles. The van der Waals surface area contributed by atoms with Gasteiger partial charge in [-0.15, -0.1) is 5.10 Å². The highest BCUT2D eigenvalue weighted by atomic mass is 15.4. The molecule has 0 radical (unpaired) electrons. The van der Waals surface area contributed by atoms with Gasteiger partial charge in [-0.1, -0.05) is 23.4 Å². The molecule has 31 heavy (non-hydrogen) atoms. The van der Waals surface area contributed by atoms with Crippen LogP contribution >= 0.6 is 0 Å². The standard InChI is InChI=1S/C24H23N7/c1-15-9-17(22-13-25-16(2)30(22)3)7-8-21(15)28-24-11-20-10-18(5-6-19(20)12-26-24)23-14-27-29-31(23)4/h5-14H,1-4H3,(H,26,28). The van der Waals surface area contributed by atoms with Crippen LogP contribution in [0.2, 0.25) is 0 Å². The number of aryl methyl sites for hydroxylation is 3. The minimum absolute atomic E-state index is 0.806. The number of fused-ring (bicyclic) bond motifs is 1. The second-order valence-corrected chi connectivity index (χ2v) is 7.78. The molecule has 2 aromatic carbocycles. The smallest absolute Gasteiger partial charge is 0.130 e. The Hall–Kier alpha value is -4.00. The van der Waals surface area contributed by atoms with E-state index in [2.05, 4.69) is 79.6 Å². The summed E-state index contributed by atoms with van der Waals surface area (Å²) in [6.07, 6.45) is 5.58. The van der Waals surface area contributed by atoms with Gasteiger partial charge in [0.2, 0.25) is 0 Å². The second kappa shape index (κ2) is 7.36. The molecule has 3 heterocycles. The summed E-state index contributed by atoms with van der Waals surface area (Å²) in [6, 6.07) is 14.7. The minimum atomic E-state index is 0.806. The van der Waals surface area contributed by atoms with Crippen molar-refractivity contribution in [2.24, 2.45) is 14.1 Å². The van der Waals surface area contributed by atoms with Gasteiger partial charge >= 0.3 is 0 Å². The predicted molar refractivity (Wildman–Crippen MR) is 123 cm³/mol. The highest BCUT2D eigenvalue weighted by Gasteiger charge is 2.09. The summed E-state index contributed by atoms with van der Waals surface area (Å²) in [5, 5.41) is 13.7. The van der Waals surface area contributed by atoms with Gasteiger partial charge in [0.15, 0.2) is 0 Å². The maximum atomic E-state index is 4.60. The van der Waals surface area contributed by atoms with Crippen LogP contribution in [0.25, 0.3) is 33.3 Å². The third-order valence-corrected chi connectivity index (χ3v) is 5.74. The summed E-state index contributed by atoms with van der Waals surface area (Å²) in [4.78, 5) is 9.00. The van der Waals surface area contributed by atoms with Crippen LogP contribution in [-0.2, 0) is 14.1 Å². The molecule has 0 spiro atoms. The molecule has 154 valence electrons. The van der Waals surface area contributed by atoms with Crippen molar-refractivity contribution in [2.75, 3.05) is 5.32 Å². The van der Waals surface area contributed by atoms with Crippen LogP contribution in [0.1, 0.15) is 11.4 Å². The van der Waals surface area contributed by atoms with Crippen molar-refractivity contribution >= 4 is 22.3 Å². The lowest BCUT2D eigenvalue weighted by Gasteiger charge is -2.12. The van der Waals surface area contributed by atoms with E-state index in [1.807, 2.05) is 33.4 Å². The maximum Gasteiger partial charge on any atom is 0.130 e. The van der Waals surface area contributed by atoms with Gasteiger partial charge in [0.1, 0.15) is 11.6 Å². The van der Waals surface area contributed by atoms with E-state index < -0.39 is 0 Å². The van der Waals surface area contributed by atoms with E-state index in [-0.39, 0.29) is 0 Å². The molecule has 0 aliphatic carbocycles. The van der Waals surface area contributed by atoms with Crippen molar-refractivity contribution in [1.29, 1.82) is 0 Å². The first kappa shape index (κ1) is 19.0. The van der Waals surface area contributed by atoms with E-state index >= 15 is 0 Å². The van der Waals surface area contributed by atoms with Crippen LogP contribution in [0.3, 0.4) is 0 Å². The van der Waals surface area contributed by atoms with Gasteiger partial charge in [0.05, 0.1) is 23.8 Å². The Bertz CT molecular complexity index is 1410. The number of rotatable bonds is 4. The average molecular weight is 409 g/mol. The first-order chi connectivity index (χ1) is 15.0. The number of nitrogens with one attached hydrogen (secondary N) is 1. The average Bonchev–Trinajstić information content (AvgIpc) is 3.34. The Labute approximate surface area is 180 Å². The van der Waals surface area contributed by atoms with Crippen LogP contribution < -0.4 is 5.32 Å². The number of nitrogens with zero attached hydrogens (tertiary/aromatic N) is 6. The van der Waals surface area contributed by atoms with Crippen LogP contribution in [-0.4, -0.2) is 29.5 Å². The summed E-state index contributed by atoms with van der Waals surface area (Å²) < 4.78 is 3.87. The fraction of sp³-hybridized carbons (Fsp3) is 0.167. The number of pyridine rings is 1. The molecule has 0 atom stereocenters. The molecular formula is C24H23N7. The Balaban J connectivity index is 1.46. The third-order valence-electron chi connectivity index (χ3n) is 5.74. The Morgan fingerprint density at radius 3 is 2.29 bits per heavy atom. The number of anilines is 2. The molecule has 7 nitrogen and oxygen atoms in total. The van der Waals surface area contributed by atoms with E-state index in [1.165, 1.54) is 0 Å². The van der Waals surface area contributed by atoms with Crippen molar-refractivity contribution in [3.63, 3.8) is 0 Å². The van der Waals surface area contributed by atoms with Gasteiger partial charge in [0, 0.05) is 42.5 Å². The fourth-order valence-electron chi connectivity index (χ4n) is 3.79. The maximum absolute atomic E-state index is 4.60. The predicted octanol–water partition coefficient (Wildman–Crippen LogP) is 4.79. The van der Waals surface area contributed by atoms with Gasteiger partial charge in [-0.25, -0.2) is 14.6 Å². The monoisotopic (exact) mass is 409 g/mol. The zero-order chi connectivity index (χ0) is 21.5. The minimum Gasteiger partial charge on any atom is -0.340 e. The van der Waals surface area contributed by atoms with Gasteiger partial charge < -0.3 is 9.88 Å². The molecule has 5 aromatic rings. The molecule has 3 aromatic heterocycles. The normalized spacial score (nSPS) is 11.2. The van der Waals surface area contributed by atoms with Crippen molar-refractivity contribution in [1.82, 2.24) is 29.5 Å². The van der Waals surface area contributed by atoms with Crippen LogP contribution in [0.4, 0.5) is 11.5 Å². The van der Waals surface area contributed by atoms with Gasteiger partial charge in [0.25, 0.3) is 0 Å². The summed E-state index contributed by atoms with van der Waals surface area (Å²) in [6.45, 7) is 4.11. The van der Waals surface area contributed by atoms with Gasteiger partial charge in [-0.2, -0.15) is 0 Å². The summed E-state index contributed by atoms with van der Waals surface area (Å²) in [5.41, 5.74) is 6.48. The van der Waals surface area contributed by atoms with Crippen molar-refractivity contribution < 1.29 is 0 Å². The SMILES string of the molecule is Cc1cc(-c2cnc(C)n2C)ccc1Nc1cc2cc(-c3cnnn3C)ccc2cn1. The fourth-order valence-corrected chi connectivity index (χ4v) is 3.79. The molecule has 1 N–H and O–H groups in total. The van der Waals surface area contributed by atoms with E-state index in [0.717, 1.165) is 56.2 Å². The molecule has 0 fully saturated rings.